The molecule has 0 saturated heterocycles. The summed E-state index contributed by atoms with van der Waals surface area (Å²) in [6, 6.07) is 0. The van der Waals surface area contributed by atoms with Crippen molar-refractivity contribution >= 4 is 5.97 Å². The van der Waals surface area contributed by atoms with Gasteiger partial charge in [-0.05, 0) is 31.6 Å². The maximum Gasteiger partial charge on any atom is 0.308 e. The van der Waals surface area contributed by atoms with Crippen molar-refractivity contribution in [2.45, 2.75) is 77.1 Å². The predicted molar refractivity (Wildman–Crippen MR) is 81.7 cm³/mol. The maximum atomic E-state index is 11.5. The van der Waals surface area contributed by atoms with Crippen LogP contribution in [0, 0.1) is 17.8 Å². The van der Waals surface area contributed by atoms with Gasteiger partial charge < -0.3 is 9.84 Å². The van der Waals surface area contributed by atoms with E-state index in [1.807, 2.05) is 13.8 Å². The van der Waals surface area contributed by atoms with Crippen molar-refractivity contribution in [2.24, 2.45) is 17.8 Å². The lowest BCUT2D eigenvalue weighted by atomic mass is 9.94. The third-order valence-electron chi connectivity index (χ3n) is 5.21. The van der Waals surface area contributed by atoms with E-state index in [-0.39, 0.29) is 29.8 Å². The molecule has 0 aromatic rings. The molecule has 2 saturated carbocycles. The van der Waals surface area contributed by atoms with Gasteiger partial charge in [0, 0.05) is 12.3 Å². The molecule has 5 nitrogen and oxygen atoms in total. The zero-order chi connectivity index (χ0) is 16.2. The molecule has 4 unspecified atom stereocenters. The minimum Gasteiger partial charge on any atom is -0.469 e. The highest BCUT2D eigenvalue weighted by atomic mass is 17.2. The number of ether oxygens (including phenoxy) is 1. The molecule has 4 atom stereocenters. The van der Waals surface area contributed by atoms with Crippen molar-refractivity contribution in [1.82, 2.24) is 0 Å². The molecule has 0 aromatic heterocycles. The van der Waals surface area contributed by atoms with Gasteiger partial charge in [0.15, 0.2) is 0 Å². The average Bonchev–Trinajstić information content (AvgIpc) is 2.80. The van der Waals surface area contributed by atoms with Crippen molar-refractivity contribution in [2.75, 3.05) is 7.11 Å². The highest BCUT2D eigenvalue weighted by Gasteiger charge is 2.47. The SMILES string of the molecule is COC(=O)C(C)CC1CC(C)C(O)(OOC2CCCCC2)C1. The van der Waals surface area contributed by atoms with Crippen LogP contribution < -0.4 is 0 Å². The minimum absolute atomic E-state index is 0.00550. The van der Waals surface area contributed by atoms with E-state index in [1.165, 1.54) is 26.4 Å². The molecular formula is C17H30O5. The van der Waals surface area contributed by atoms with Gasteiger partial charge in [-0.3, -0.25) is 4.79 Å². The van der Waals surface area contributed by atoms with Crippen molar-refractivity contribution in [3.63, 3.8) is 0 Å². The van der Waals surface area contributed by atoms with Crippen LogP contribution in [0.2, 0.25) is 0 Å². The molecule has 0 radical (unpaired) electrons. The highest BCUT2D eigenvalue weighted by molar-refractivity contribution is 5.71. The molecular weight excluding hydrogens is 284 g/mol. The summed E-state index contributed by atoms with van der Waals surface area (Å²) in [7, 11) is 1.41. The van der Waals surface area contributed by atoms with E-state index in [9.17, 15) is 9.90 Å². The van der Waals surface area contributed by atoms with Crippen LogP contribution in [0.25, 0.3) is 0 Å². The first-order chi connectivity index (χ1) is 10.4. The van der Waals surface area contributed by atoms with Crippen LogP contribution in [0.5, 0.6) is 0 Å². The van der Waals surface area contributed by atoms with Crippen molar-refractivity contribution in [3.8, 4) is 0 Å². The van der Waals surface area contributed by atoms with Crippen LogP contribution in [0.4, 0.5) is 0 Å². The second-order valence-corrected chi connectivity index (χ2v) is 7.15. The topological polar surface area (TPSA) is 65.0 Å². The van der Waals surface area contributed by atoms with Crippen molar-refractivity contribution < 1.29 is 24.4 Å². The Balaban J connectivity index is 1.81. The van der Waals surface area contributed by atoms with Crippen molar-refractivity contribution in [1.29, 1.82) is 0 Å². The van der Waals surface area contributed by atoms with Crippen LogP contribution >= 0.6 is 0 Å². The Hall–Kier alpha value is -0.650. The number of methoxy groups -OCH3 is 1. The van der Waals surface area contributed by atoms with Gasteiger partial charge in [-0.2, -0.15) is 0 Å². The van der Waals surface area contributed by atoms with Crippen LogP contribution in [0.1, 0.15) is 65.2 Å². The summed E-state index contributed by atoms with van der Waals surface area (Å²) >= 11 is 0. The summed E-state index contributed by atoms with van der Waals surface area (Å²) < 4.78 is 4.77. The molecule has 2 fully saturated rings. The highest BCUT2D eigenvalue weighted by Crippen LogP contribution is 2.43. The number of esters is 1. The lowest BCUT2D eigenvalue weighted by Crippen LogP contribution is -2.37. The van der Waals surface area contributed by atoms with E-state index in [2.05, 4.69) is 0 Å². The molecule has 1 N–H and O–H groups in total. The maximum absolute atomic E-state index is 11.5. The average molecular weight is 314 g/mol. The number of hydrogen-bond acceptors (Lipinski definition) is 5. The van der Waals surface area contributed by atoms with E-state index >= 15 is 0 Å². The van der Waals surface area contributed by atoms with Crippen LogP contribution in [-0.2, 0) is 19.3 Å². The molecule has 2 aliphatic carbocycles. The lowest BCUT2D eigenvalue weighted by molar-refractivity contribution is -0.446. The van der Waals surface area contributed by atoms with E-state index in [1.54, 1.807) is 0 Å². The summed E-state index contributed by atoms with van der Waals surface area (Å²) in [5, 5.41) is 10.7. The Bertz CT molecular complexity index is 366. The number of rotatable bonds is 6. The Morgan fingerprint density at radius 2 is 2.00 bits per heavy atom. The Morgan fingerprint density at radius 3 is 2.64 bits per heavy atom. The van der Waals surface area contributed by atoms with Crippen LogP contribution in [-0.4, -0.2) is 30.1 Å². The molecule has 0 aliphatic heterocycles. The van der Waals surface area contributed by atoms with Gasteiger partial charge in [-0.15, -0.1) is 0 Å². The van der Waals surface area contributed by atoms with E-state index in [0.29, 0.717) is 12.8 Å². The number of aliphatic hydroxyl groups is 1. The molecule has 0 heterocycles. The summed E-state index contributed by atoms with van der Waals surface area (Å²) in [4.78, 5) is 22.5. The normalized spacial score (nSPS) is 34.5. The molecule has 5 heteroatoms. The summed E-state index contributed by atoms with van der Waals surface area (Å²) in [5.41, 5.74) is 0. The first-order valence-electron chi connectivity index (χ1n) is 8.59. The van der Waals surface area contributed by atoms with Crippen LogP contribution in [0.3, 0.4) is 0 Å². The number of carbonyl (C=O) groups excluding carboxylic acids is 1. The van der Waals surface area contributed by atoms with E-state index < -0.39 is 5.79 Å². The quantitative estimate of drug-likeness (QED) is 0.353. The fourth-order valence-electron chi connectivity index (χ4n) is 3.79. The molecule has 0 amide bonds. The zero-order valence-corrected chi connectivity index (χ0v) is 14.0. The minimum atomic E-state index is -1.22. The zero-order valence-electron chi connectivity index (χ0n) is 14.0. The molecule has 0 bridgehead atoms. The Labute approximate surface area is 133 Å². The molecule has 128 valence electrons. The summed E-state index contributed by atoms with van der Waals surface area (Å²) in [6.07, 6.45) is 7.79. The fourth-order valence-corrected chi connectivity index (χ4v) is 3.79. The second kappa shape index (κ2) is 7.75. The smallest absolute Gasteiger partial charge is 0.308 e. The fraction of sp³-hybridized carbons (Fsp3) is 0.941. The largest absolute Gasteiger partial charge is 0.469 e. The van der Waals surface area contributed by atoms with Gasteiger partial charge in [0.2, 0.25) is 5.79 Å². The van der Waals surface area contributed by atoms with Gasteiger partial charge in [0.05, 0.1) is 19.1 Å². The summed E-state index contributed by atoms with van der Waals surface area (Å²) in [5.74, 6) is -1.31. The standard InChI is InChI=1S/C17H30O5/c1-12(16(18)20-3)9-14-10-13(2)17(19,11-14)22-21-15-7-5-4-6-8-15/h12-15,19H,4-11H2,1-3H3. The summed E-state index contributed by atoms with van der Waals surface area (Å²) in [6.45, 7) is 3.85. The number of carbonyl (C=O) groups is 1. The third kappa shape index (κ3) is 4.43. The van der Waals surface area contributed by atoms with E-state index in [4.69, 9.17) is 14.5 Å². The first-order valence-corrected chi connectivity index (χ1v) is 8.59. The molecule has 0 spiro atoms. The second-order valence-electron chi connectivity index (χ2n) is 7.15. The molecule has 0 aromatic carbocycles. The van der Waals surface area contributed by atoms with Gasteiger partial charge in [0.25, 0.3) is 0 Å². The lowest BCUT2D eigenvalue weighted by Gasteiger charge is -2.30. The Kier molecular flexibility index (Phi) is 6.24. The van der Waals surface area contributed by atoms with E-state index in [0.717, 1.165) is 19.3 Å². The molecule has 22 heavy (non-hydrogen) atoms. The van der Waals surface area contributed by atoms with Gasteiger partial charge >= 0.3 is 5.97 Å². The third-order valence-corrected chi connectivity index (χ3v) is 5.21. The van der Waals surface area contributed by atoms with Gasteiger partial charge in [0.1, 0.15) is 0 Å². The number of hydrogen-bond donors (Lipinski definition) is 1. The monoisotopic (exact) mass is 314 g/mol. The van der Waals surface area contributed by atoms with Gasteiger partial charge in [-0.1, -0.05) is 33.1 Å². The molecule has 2 aliphatic rings. The van der Waals surface area contributed by atoms with Crippen molar-refractivity contribution in [3.05, 3.63) is 0 Å². The van der Waals surface area contributed by atoms with Gasteiger partial charge in [-0.25, -0.2) is 9.78 Å². The predicted octanol–water partition coefficient (Wildman–Crippen LogP) is 3.20. The molecule has 2 rings (SSSR count). The van der Waals surface area contributed by atoms with Crippen LogP contribution in [0.15, 0.2) is 0 Å². The first kappa shape index (κ1) is 17.7. The Morgan fingerprint density at radius 1 is 1.32 bits per heavy atom.